The van der Waals surface area contributed by atoms with Gasteiger partial charge in [-0.15, -0.1) is 11.6 Å². The van der Waals surface area contributed by atoms with Gasteiger partial charge in [0.05, 0.1) is 16.8 Å². The molecular weight excluding hydrogens is 347 g/mol. The summed E-state index contributed by atoms with van der Waals surface area (Å²) in [4.78, 5) is 15.1. The van der Waals surface area contributed by atoms with Crippen LogP contribution in [0.3, 0.4) is 0 Å². The number of hydrogen-bond acceptors (Lipinski definition) is 4. The number of nitrogens with one attached hydrogen (secondary N) is 1. The molecule has 1 aromatic heterocycles. The van der Waals surface area contributed by atoms with Gasteiger partial charge in [0.2, 0.25) is 5.91 Å². The van der Waals surface area contributed by atoms with E-state index in [1.807, 2.05) is 0 Å². The zero-order valence-corrected chi connectivity index (χ0v) is 14.4. The largest absolute Gasteiger partial charge is 0.497 e. The van der Waals surface area contributed by atoms with Crippen molar-refractivity contribution in [2.24, 2.45) is 0 Å². The van der Waals surface area contributed by atoms with Gasteiger partial charge >= 0.3 is 13.3 Å². The Bertz CT molecular complexity index is 637. The normalized spacial score (nSPS) is 19.4. The van der Waals surface area contributed by atoms with Gasteiger partial charge in [-0.05, 0) is 33.8 Å². The van der Waals surface area contributed by atoms with Gasteiger partial charge in [0.25, 0.3) is 0 Å². The summed E-state index contributed by atoms with van der Waals surface area (Å²) in [6, 6.07) is 0.741. The van der Waals surface area contributed by atoms with Crippen molar-refractivity contribution in [3.63, 3.8) is 0 Å². The molecule has 1 aliphatic heterocycles. The molecule has 0 aliphatic carbocycles. The summed E-state index contributed by atoms with van der Waals surface area (Å²) in [6.45, 7) is 6.96. The van der Waals surface area contributed by atoms with E-state index in [0.29, 0.717) is 0 Å². The lowest BCUT2D eigenvalue weighted by molar-refractivity contribution is -0.137. The van der Waals surface area contributed by atoms with Gasteiger partial charge in [0, 0.05) is 11.7 Å². The fraction of sp³-hybridized carbons (Fsp3) is 0.571. The van der Waals surface area contributed by atoms with Crippen LogP contribution < -0.4 is 10.8 Å². The van der Waals surface area contributed by atoms with E-state index in [1.165, 1.54) is 0 Å². The van der Waals surface area contributed by atoms with E-state index in [-0.39, 0.29) is 17.2 Å². The van der Waals surface area contributed by atoms with Gasteiger partial charge < -0.3 is 14.6 Å². The smallest absolute Gasteiger partial charge is 0.399 e. The van der Waals surface area contributed by atoms with Crippen LogP contribution in [0, 0.1) is 0 Å². The maximum absolute atomic E-state index is 13.4. The van der Waals surface area contributed by atoms with Crippen LogP contribution in [0.5, 0.6) is 0 Å². The van der Waals surface area contributed by atoms with Crippen LogP contribution in [-0.2, 0) is 20.3 Å². The Hall–Kier alpha value is -1.32. The van der Waals surface area contributed by atoms with Gasteiger partial charge in [-0.25, -0.2) is 4.98 Å². The highest BCUT2D eigenvalue weighted by molar-refractivity contribution is 6.62. The number of carbonyl (C=O) groups excluding carboxylic acids is 1. The molecule has 1 aliphatic rings. The molecule has 24 heavy (non-hydrogen) atoms. The molecule has 1 amide bonds. The first kappa shape index (κ1) is 19.0. The third-order valence-corrected chi connectivity index (χ3v) is 4.38. The number of amides is 1. The summed E-state index contributed by atoms with van der Waals surface area (Å²) in [5.74, 6) is -1.28. The molecule has 0 bridgehead atoms. The van der Waals surface area contributed by atoms with Crippen molar-refractivity contribution in [1.82, 2.24) is 4.98 Å². The Morgan fingerprint density at radius 2 is 1.83 bits per heavy atom. The van der Waals surface area contributed by atoms with Gasteiger partial charge in [-0.1, -0.05) is 0 Å². The van der Waals surface area contributed by atoms with Crippen LogP contribution in [0.25, 0.3) is 0 Å². The Morgan fingerprint density at radius 3 is 2.29 bits per heavy atom. The number of aromatic nitrogens is 1. The standard InChI is InChI=1S/C14H17BClF3N2O3/c1-12(2)13(3,4)24-15(23-12)9-7-20-10(21-11(22)6-16)5-8(9)14(17,18)19/h5,7H,6H2,1-4H3,(H,20,21,22). The van der Waals surface area contributed by atoms with E-state index < -0.39 is 36.0 Å². The first-order valence-corrected chi connectivity index (χ1v) is 7.69. The first-order valence-electron chi connectivity index (χ1n) is 7.16. The molecule has 0 aromatic carbocycles. The minimum atomic E-state index is -4.66. The highest BCUT2D eigenvalue weighted by Crippen LogP contribution is 2.38. The molecule has 0 radical (unpaired) electrons. The highest BCUT2D eigenvalue weighted by atomic mass is 35.5. The minimum Gasteiger partial charge on any atom is -0.399 e. The molecule has 132 valence electrons. The number of carbonyl (C=O) groups is 1. The summed E-state index contributed by atoms with van der Waals surface area (Å²) in [5.41, 5.74) is -2.80. The van der Waals surface area contributed by atoms with Gasteiger partial charge in [0.1, 0.15) is 11.7 Å². The molecule has 2 heterocycles. The SMILES string of the molecule is CC1(C)OB(c2cnc(NC(=O)CCl)cc2C(F)(F)F)OC1(C)C. The Morgan fingerprint density at radius 1 is 1.29 bits per heavy atom. The first-order chi connectivity index (χ1) is 10.9. The van der Waals surface area contributed by atoms with Crippen LogP contribution in [-0.4, -0.2) is 35.1 Å². The number of alkyl halides is 4. The lowest BCUT2D eigenvalue weighted by Gasteiger charge is -2.32. The quantitative estimate of drug-likeness (QED) is 0.661. The summed E-state index contributed by atoms with van der Waals surface area (Å²) in [6.07, 6.45) is -3.67. The Balaban J connectivity index is 2.42. The summed E-state index contributed by atoms with van der Waals surface area (Å²) >= 11 is 5.33. The average molecular weight is 365 g/mol. The van der Waals surface area contributed by atoms with E-state index in [2.05, 4.69) is 10.3 Å². The number of rotatable bonds is 3. The van der Waals surface area contributed by atoms with Crippen LogP contribution in [0.4, 0.5) is 19.0 Å². The van der Waals surface area contributed by atoms with Crippen LogP contribution in [0.15, 0.2) is 12.3 Å². The Kier molecular flexibility index (Phi) is 4.91. The van der Waals surface area contributed by atoms with Crippen molar-refractivity contribution in [3.05, 3.63) is 17.8 Å². The molecule has 0 atom stereocenters. The average Bonchev–Trinajstić information content (AvgIpc) is 2.66. The van der Waals surface area contributed by atoms with Gasteiger partial charge in [0.15, 0.2) is 0 Å². The van der Waals surface area contributed by atoms with Crippen molar-refractivity contribution >= 4 is 35.9 Å². The number of halogens is 4. The molecule has 0 unspecified atom stereocenters. The maximum atomic E-state index is 13.4. The second kappa shape index (κ2) is 6.20. The fourth-order valence-corrected chi connectivity index (χ4v) is 2.18. The summed E-state index contributed by atoms with van der Waals surface area (Å²) < 4.78 is 51.5. The molecule has 2 rings (SSSR count). The van der Waals surface area contributed by atoms with Crippen LogP contribution in [0.2, 0.25) is 0 Å². The second-order valence-corrected chi connectivity index (χ2v) is 6.69. The molecular formula is C14H17BClF3N2O3. The number of anilines is 1. The molecule has 10 heteroatoms. The molecule has 5 nitrogen and oxygen atoms in total. The third kappa shape index (κ3) is 3.68. The van der Waals surface area contributed by atoms with E-state index >= 15 is 0 Å². The molecule has 1 N–H and O–H groups in total. The van der Waals surface area contributed by atoms with E-state index in [9.17, 15) is 18.0 Å². The molecule has 0 spiro atoms. The third-order valence-electron chi connectivity index (χ3n) is 4.14. The fourth-order valence-electron chi connectivity index (χ4n) is 2.11. The van der Waals surface area contributed by atoms with Crippen LogP contribution in [0.1, 0.15) is 33.3 Å². The predicted octanol–water partition coefficient (Wildman–Crippen LogP) is 2.58. The van der Waals surface area contributed by atoms with Crippen LogP contribution >= 0.6 is 11.6 Å². The molecule has 1 fully saturated rings. The predicted molar refractivity (Wildman–Crippen MR) is 84.3 cm³/mol. The topological polar surface area (TPSA) is 60.5 Å². The van der Waals surface area contributed by atoms with E-state index in [0.717, 1.165) is 12.3 Å². The van der Waals surface area contributed by atoms with Gasteiger partial charge in [-0.3, -0.25) is 4.79 Å². The van der Waals surface area contributed by atoms with Crippen molar-refractivity contribution in [2.45, 2.75) is 45.1 Å². The minimum absolute atomic E-state index is 0.242. The van der Waals surface area contributed by atoms with Crippen molar-refractivity contribution in [2.75, 3.05) is 11.2 Å². The lowest BCUT2D eigenvalue weighted by atomic mass is 9.77. The molecule has 1 saturated heterocycles. The summed E-state index contributed by atoms with van der Waals surface area (Å²) in [7, 11) is -1.21. The number of nitrogens with zero attached hydrogens (tertiary/aromatic N) is 1. The zero-order chi connectivity index (χ0) is 18.3. The number of hydrogen-bond donors (Lipinski definition) is 1. The molecule has 1 aromatic rings. The molecule has 0 saturated carbocycles. The second-order valence-electron chi connectivity index (χ2n) is 6.42. The van der Waals surface area contributed by atoms with Crippen molar-refractivity contribution in [3.8, 4) is 0 Å². The summed E-state index contributed by atoms with van der Waals surface area (Å²) in [5, 5.41) is 2.19. The van der Waals surface area contributed by atoms with Crippen molar-refractivity contribution in [1.29, 1.82) is 0 Å². The van der Waals surface area contributed by atoms with E-state index in [4.69, 9.17) is 20.9 Å². The lowest BCUT2D eigenvalue weighted by Crippen LogP contribution is -2.41. The maximum Gasteiger partial charge on any atom is 0.497 e. The highest BCUT2D eigenvalue weighted by Gasteiger charge is 2.53. The number of pyridine rings is 1. The Labute approximate surface area is 143 Å². The van der Waals surface area contributed by atoms with Crippen molar-refractivity contribution < 1.29 is 27.3 Å². The monoisotopic (exact) mass is 364 g/mol. The van der Waals surface area contributed by atoms with E-state index in [1.54, 1.807) is 27.7 Å². The van der Waals surface area contributed by atoms with Gasteiger partial charge in [-0.2, -0.15) is 13.2 Å². The zero-order valence-electron chi connectivity index (χ0n) is 13.6.